The summed E-state index contributed by atoms with van der Waals surface area (Å²) in [6.07, 6.45) is 3.39. The van der Waals surface area contributed by atoms with Crippen LogP contribution in [-0.4, -0.2) is 15.7 Å². The molecule has 0 bridgehead atoms. The van der Waals surface area contributed by atoms with Gasteiger partial charge in [-0.2, -0.15) is 10.4 Å². The lowest BCUT2D eigenvalue weighted by atomic mass is 10.1. The summed E-state index contributed by atoms with van der Waals surface area (Å²) < 4.78 is 7.77. The van der Waals surface area contributed by atoms with Crippen LogP contribution in [0, 0.1) is 11.3 Å². The largest absolute Gasteiger partial charge is 0.489 e. The lowest BCUT2D eigenvalue weighted by molar-refractivity contribution is -0.117. The third-order valence-electron chi connectivity index (χ3n) is 6.15. The van der Waals surface area contributed by atoms with Gasteiger partial charge >= 0.3 is 0 Å². The van der Waals surface area contributed by atoms with Gasteiger partial charge in [0.25, 0.3) is 5.91 Å². The minimum atomic E-state index is -0.454. The van der Waals surface area contributed by atoms with E-state index in [0.29, 0.717) is 35.2 Å². The van der Waals surface area contributed by atoms with Gasteiger partial charge in [0.2, 0.25) is 0 Å². The third-order valence-corrected chi connectivity index (χ3v) is 6.40. The van der Waals surface area contributed by atoms with Crippen LogP contribution in [0.15, 0.2) is 121 Å². The van der Waals surface area contributed by atoms with Crippen LogP contribution in [0.3, 0.4) is 0 Å². The molecule has 5 aromatic rings. The summed E-state index contributed by atoms with van der Waals surface area (Å²) in [6.45, 7) is 0.702. The number of nitriles is 1. The van der Waals surface area contributed by atoms with Crippen molar-refractivity contribution in [3.05, 3.63) is 143 Å². The first-order valence-corrected chi connectivity index (χ1v) is 13.0. The van der Waals surface area contributed by atoms with Crippen LogP contribution in [0.5, 0.6) is 5.75 Å². The highest BCUT2D eigenvalue weighted by molar-refractivity contribution is 6.30. The number of aromatic nitrogens is 2. The van der Waals surface area contributed by atoms with E-state index in [-0.39, 0.29) is 5.57 Å². The number of nitrogens with zero attached hydrogens (tertiary/aromatic N) is 3. The van der Waals surface area contributed by atoms with E-state index in [1.807, 2.05) is 121 Å². The van der Waals surface area contributed by atoms with Gasteiger partial charge in [0.15, 0.2) is 0 Å². The SMILES string of the molecule is N#C/C(=C/c1cn(-c2ccccc2)nc1-c1cccc(OCc2ccc(Cl)cc2)c1)C(=O)NCc1ccccc1. The Morgan fingerprint density at radius 3 is 2.38 bits per heavy atom. The number of nitrogens with one attached hydrogen (secondary N) is 1. The first-order chi connectivity index (χ1) is 19.6. The van der Waals surface area contributed by atoms with Gasteiger partial charge in [0.1, 0.15) is 29.7 Å². The molecule has 0 fully saturated rings. The third kappa shape index (κ3) is 6.65. The lowest BCUT2D eigenvalue weighted by Gasteiger charge is -2.08. The Morgan fingerprint density at radius 2 is 1.65 bits per heavy atom. The monoisotopic (exact) mass is 544 g/mol. The molecule has 0 radical (unpaired) electrons. The van der Waals surface area contributed by atoms with Gasteiger partial charge in [0, 0.05) is 28.9 Å². The first-order valence-electron chi connectivity index (χ1n) is 12.7. The lowest BCUT2D eigenvalue weighted by Crippen LogP contribution is -2.23. The molecule has 1 amide bonds. The second-order valence-electron chi connectivity index (χ2n) is 8.99. The van der Waals surface area contributed by atoms with Crippen LogP contribution < -0.4 is 10.1 Å². The van der Waals surface area contributed by atoms with Crippen LogP contribution >= 0.6 is 11.6 Å². The number of halogens is 1. The molecule has 196 valence electrons. The van der Waals surface area contributed by atoms with E-state index >= 15 is 0 Å². The summed E-state index contributed by atoms with van der Waals surface area (Å²) in [5.74, 6) is 0.211. The minimum Gasteiger partial charge on any atom is -0.489 e. The second kappa shape index (κ2) is 12.6. The molecule has 1 N–H and O–H groups in total. The summed E-state index contributed by atoms with van der Waals surface area (Å²) in [6, 6.07) is 36.3. The highest BCUT2D eigenvalue weighted by Gasteiger charge is 2.16. The molecule has 0 saturated heterocycles. The fourth-order valence-corrected chi connectivity index (χ4v) is 4.21. The van der Waals surface area contributed by atoms with Gasteiger partial charge < -0.3 is 10.1 Å². The molecule has 0 aliphatic rings. The van der Waals surface area contributed by atoms with Gasteiger partial charge in [-0.15, -0.1) is 0 Å². The molecular weight excluding hydrogens is 520 g/mol. The Hall–Kier alpha value is -5.12. The van der Waals surface area contributed by atoms with E-state index in [2.05, 4.69) is 5.32 Å². The number of hydrogen-bond donors (Lipinski definition) is 1. The van der Waals surface area contributed by atoms with Crippen LogP contribution in [0.1, 0.15) is 16.7 Å². The van der Waals surface area contributed by atoms with Crippen LogP contribution in [0.4, 0.5) is 0 Å². The number of carbonyl (C=O) groups is 1. The molecular formula is C33H25ClN4O2. The predicted octanol–water partition coefficient (Wildman–Crippen LogP) is 7.00. The topological polar surface area (TPSA) is 79.9 Å². The average molecular weight is 545 g/mol. The van der Waals surface area contributed by atoms with Crippen molar-refractivity contribution >= 4 is 23.6 Å². The van der Waals surface area contributed by atoms with Crippen molar-refractivity contribution < 1.29 is 9.53 Å². The van der Waals surface area contributed by atoms with Crippen LogP contribution in [0.25, 0.3) is 23.0 Å². The molecule has 7 heteroatoms. The number of benzene rings is 4. The maximum Gasteiger partial charge on any atom is 0.262 e. The van der Waals surface area contributed by atoms with Crippen molar-refractivity contribution in [2.24, 2.45) is 0 Å². The normalized spacial score (nSPS) is 11.1. The van der Waals surface area contributed by atoms with E-state index in [0.717, 1.165) is 22.4 Å². The Bertz CT molecular complexity index is 1670. The van der Waals surface area contributed by atoms with Crippen LogP contribution in [-0.2, 0) is 17.9 Å². The Kier molecular flexibility index (Phi) is 8.35. The molecule has 40 heavy (non-hydrogen) atoms. The van der Waals surface area contributed by atoms with E-state index < -0.39 is 5.91 Å². The van der Waals surface area contributed by atoms with Gasteiger partial charge in [-0.1, -0.05) is 84.4 Å². The summed E-state index contributed by atoms with van der Waals surface area (Å²) in [4.78, 5) is 12.9. The Balaban J connectivity index is 1.45. The maximum atomic E-state index is 12.9. The summed E-state index contributed by atoms with van der Waals surface area (Å²) in [5, 5.41) is 18.2. The van der Waals surface area contributed by atoms with Gasteiger partial charge in [0.05, 0.1) is 5.69 Å². The number of amides is 1. The van der Waals surface area contributed by atoms with Gasteiger partial charge in [-0.3, -0.25) is 4.79 Å². The molecule has 0 spiro atoms. The minimum absolute atomic E-state index is 0.0139. The van der Waals surface area contributed by atoms with Gasteiger partial charge in [-0.05, 0) is 53.6 Å². The molecule has 1 aromatic heterocycles. The van der Waals surface area contributed by atoms with Crippen molar-refractivity contribution in [2.45, 2.75) is 13.2 Å². The van der Waals surface area contributed by atoms with Crippen molar-refractivity contribution in [1.82, 2.24) is 15.1 Å². The number of carbonyl (C=O) groups excluding carboxylic acids is 1. The highest BCUT2D eigenvalue weighted by Crippen LogP contribution is 2.29. The predicted molar refractivity (Wildman–Crippen MR) is 157 cm³/mol. The highest BCUT2D eigenvalue weighted by atomic mass is 35.5. The zero-order valence-corrected chi connectivity index (χ0v) is 22.3. The molecule has 0 aliphatic carbocycles. The fourth-order valence-electron chi connectivity index (χ4n) is 4.09. The van der Waals surface area contributed by atoms with Crippen molar-refractivity contribution in [1.29, 1.82) is 5.26 Å². The summed E-state index contributed by atoms with van der Waals surface area (Å²) in [5.41, 5.74) is 4.81. The molecule has 6 nitrogen and oxygen atoms in total. The summed E-state index contributed by atoms with van der Waals surface area (Å²) in [7, 11) is 0. The van der Waals surface area contributed by atoms with Crippen molar-refractivity contribution in [2.75, 3.05) is 0 Å². The molecule has 0 unspecified atom stereocenters. The molecule has 5 rings (SSSR count). The van der Waals surface area contributed by atoms with Gasteiger partial charge in [-0.25, -0.2) is 4.68 Å². The average Bonchev–Trinajstić information content (AvgIpc) is 3.43. The second-order valence-corrected chi connectivity index (χ2v) is 9.43. The zero-order valence-electron chi connectivity index (χ0n) is 21.5. The Morgan fingerprint density at radius 1 is 0.925 bits per heavy atom. The summed E-state index contributed by atoms with van der Waals surface area (Å²) >= 11 is 5.99. The van der Waals surface area contributed by atoms with Crippen molar-refractivity contribution in [3.63, 3.8) is 0 Å². The van der Waals surface area contributed by atoms with E-state index in [4.69, 9.17) is 21.4 Å². The number of para-hydroxylation sites is 1. The number of hydrogen-bond acceptors (Lipinski definition) is 4. The molecule has 0 atom stereocenters. The Labute approximate surface area is 237 Å². The zero-order chi connectivity index (χ0) is 27.7. The standard InChI is InChI=1S/C33H25ClN4O2/c34-29-16-14-25(15-17-29)23-40-31-13-7-10-26(19-31)32-28(22-38(37-32)30-11-5-2-6-12-30)18-27(20-35)33(39)36-21-24-8-3-1-4-9-24/h1-19,22H,21,23H2,(H,36,39)/b27-18-. The number of rotatable bonds is 9. The molecule has 0 saturated carbocycles. The van der Waals surface area contributed by atoms with E-state index in [1.54, 1.807) is 10.8 Å². The molecule has 0 aliphatic heterocycles. The molecule has 4 aromatic carbocycles. The van der Waals surface area contributed by atoms with E-state index in [1.165, 1.54) is 0 Å². The first kappa shape index (κ1) is 26.5. The number of ether oxygens (including phenoxy) is 1. The smallest absolute Gasteiger partial charge is 0.262 e. The van der Waals surface area contributed by atoms with Crippen molar-refractivity contribution in [3.8, 4) is 28.8 Å². The fraction of sp³-hybridized carbons (Fsp3) is 0.0606. The van der Waals surface area contributed by atoms with E-state index in [9.17, 15) is 10.1 Å². The maximum absolute atomic E-state index is 12.9. The van der Waals surface area contributed by atoms with Crippen LogP contribution in [0.2, 0.25) is 5.02 Å². The quantitative estimate of drug-likeness (QED) is 0.160. The molecule has 1 heterocycles.